The number of nitrogens with one attached hydrogen (secondary N) is 1. The predicted octanol–water partition coefficient (Wildman–Crippen LogP) is 7.24. The SMILES string of the molecule is CC1CN(c2nc3nc([C@H](Cc4cc(F)cc(F)c4)NC(=O)Cn4nc(C(F)(F)F)cc4C(F)(F)[C@@H]4C[C@@H]4C)c(-c4ccc(F)c(C(N)=O)c4)cc3s2)CC(C)N1C1COC1. The Hall–Kier alpha value is -5.21. The fourth-order valence-corrected chi connectivity index (χ4v) is 9.47. The topological polar surface area (TPSA) is 132 Å². The van der Waals surface area contributed by atoms with Crippen LogP contribution in [-0.2, 0) is 34.6 Å². The van der Waals surface area contributed by atoms with Gasteiger partial charge in [-0.2, -0.15) is 32.0 Å². The van der Waals surface area contributed by atoms with Crippen LogP contribution in [0.15, 0.2) is 48.5 Å². The van der Waals surface area contributed by atoms with Crippen molar-refractivity contribution < 1.29 is 49.4 Å². The highest BCUT2D eigenvalue weighted by Crippen LogP contribution is 2.54. The van der Waals surface area contributed by atoms with Gasteiger partial charge >= 0.3 is 6.18 Å². The van der Waals surface area contributed by atoms with Gasteiger partial charge in [0.25, 0.3) is 11.8 Å². The lowest BCUT2D eigenvalue weighted by Crippen LogP contribution is -2.64. The highest BCUT2D eigenvalue weighted by atomic mass is 32.1. The van der Waals surface area contributed by atoms with E-state index in [1.807, 2.05) is 0 Å². The number of piperazine rings is 1. The smallest absolute Gasteiger partial charge is 0.378 e. The molecule has 0 radical (unpaired) electrons. The molecule has 11 nitrogen and oxygen atoms in total. The van der Waals surface area contributed by atoms with Gasteiger partial charge in [-0.15, -0.1) is 0 Å². The summed E-state index contributed by atoms with van der Waals surface area (Å²) in [6.07, 6.45) is -5.44. The van der Waals surface area contributed by atoms with Crippen LogP contribution >= 0.6 is 11.3 Å². The van der Waals surface area contributed by atoms with Gasteiger partial charge < -0.3 is 20.7 Å². The van der Waals surface area contributed by atoms with Gasteiger partial charge in [0, 0.05) is 42.7 Å². The van der Waals surface area contributed by atoms with Crippen LogP contribution in [0.1, 0.15) is 66.2 Å². The van der Waals surface area contributed by atoms with E-state index in [2.05, 4.69) is 34.1 Å². The number of aromatic nitrogens is 4. The lowest BCUT2D eigenvalue weighted by Gasteiger charge is -2.50. The van der Waals surface area contributed by atoms with Crippen LogP contribution in [0.25, 0.3) is 21.5 Å². The molecule has 0 bridgehead atoms. The average Bonchev–Trinajstić information content (AvgIpc) is 3.52. The number of benzene rings is 2. The minimum atomic E-state index is -5.11. The Kier molecular flexibility index (Phi) is 11.1. The largest absolute Gasteiger partial charge is 0.435 e. The molecule has 0 spiro atoms. The lowest BCUT2D eigenvalue weighted by molar-refractivity contribution is -0.141. The first-order valence-electron chi connectivity index (χ1n) is 19.6. The number of nitrogens with zero attached hydrogens (tertiary/aromatic N) is 6. The van der Waals surface area contributed by atoms with E-state index in [1.54, 1.807) is 6.07 Å². The standard InChI is InChI=1S/C41H40F8N8O3S/c1-19-6-29(19)40(45,46)34-13-33(41(47,48)49)54-56(34)16-35(58)51-31(9-22-7-24(42)11-25(43)8-22)36-27(23-4-5-30(44)28(10-23)37(50)59)12-32-38(52-36)53-39(61-32)55-14-20(2)57(21(3)15-55)26-17-60-18-26/h4-5,7-8,10-13,19-21,26,29,31H,6,9,14-18H2,1-3H3,(H2,50,59)(H,51,58)/t19-,20?,21?,29+,31-/m0/s1. The van der Waals surface area contributed by atoms with Crippen molar-refractivity contribution in [2.45, 2.75) is 76.4 Å². The minimum Gasteiger partial charge on any atom is -0.378 e. The first-order valence-corrected chi connectivity index (χ1v) is 20.4. The molecule has 3 aliphatic rings. The fourth-order valence-electron chi connectivity index (χ4n) is 8.50. The molecule has 2 amide bonds. The third kappa shape index (κ3) is 8.53. The molecule has 3 fully saturated rings. The number of anilines is 1. The molecule has 3 N–H and O–H groups in total. The molecule has 5 aromatic rings. The first-order chi connectivity index (χ1) is 28.8. The summed E-state index contributed by atoms with van der Waals surface area (Å²) < 4.78 is 123. The van der Waals surface area contributed by atoms with E-state index in [-0.39, 0.29) is 59.0 Å². The van der Waals surface area contributed by atoms with Gasteiger partial charge in [0.1, 0.15) is 29.7 Å². The van der Waals surface area contributed by atoms with E-state index >= 15 is 8.78 Å². The van der Waals surface area contributed by atoms with Gasteiger partial charge in [0.15, 0.2) is 16.5 Å². The summed E-state index contributed by atoms with van der Waals surface area (Å²) in [5.74, 6) is -10.5. The minimum absolute atomic E-state index is 0.00487. The van der Waals surface area contributed by atoms with Gasteiger partial charge in [-0.1, -0.05) is 24.3 Å². The Labute approximate surface area is 347 Å². The van der Waals surface area contributed by atoms with E-state index in [0.717, 1.165) is 18.2 Å². The van der Waals surface area contributed by atoms with Crippen LogP contribution in [0.4, 0.5) is 40.3 Å². The maximum absolute atomic E-state index is 15.6. The zero-order valence-corrected chi connectivity index (χ0v) is 33.8. The summed E-state index contributed by atoms with van der Waals surface area (Å²) in [4.78, 5) is 40.5. The van der Waals surface area contributed by atoms with E-state index in [9.17, 15) is 35.9 Å². The highest BCUT2D eigenvalue weighted by molar-refractivity contribution is 7.22. The van der Waals surface area contributed by atoms with Gasteiger partial charge in [-0.25, -0.2) is 18.2 Å². The quantitative estimate of drug-likeness (QED) is 0.126. The predicted molar refractivity (Wildman–Crippen MR) is 208 cm³/mol. The van der Waals surface area contributed by atoms with Gasteiger partial charge in [-0.3, -0.25) is 19.2 Å². The summed E-state index contributed by atoms with van der Waals surface area (Å²) in [6.45, 7) is 7.18. The second-order valence-corrected chi connectivity index (χ2v) is 17.2. The van der Waals surface area contributed by atoms with Crippen molar-refractivity contribution in [3.63, 3.8) is 0 Å². The number of fused-ring (bicyclic) bond motifs is 1. The van der Waals surface area contributed by atoms with E-state index in [4.69, 9.17) is 20.4 Å². The molecule has 8 rings (SSSR count). The molecule has 5 heterocycles. The number of ether oxygens (including phenoxy) is 1. The highest BCUT2D eigenvalue weighted by Gasteiger charge is 2.56. The maximum Gasteiger partial charge on any atom is 0.435 e. The zero-order chi connectivity index (χ0) is 43.7. The van der Waals surface area contributed by atoms with Crippen LogP contribution < -0.4 is 16.0 Å². The van der Waals surface area contributed by atoms with Crippen molar-refractivity contribution in [1.29, 1.82) is 0 Å². The molecule has 3 aromatic heterocycles. The van der Waals surface area contributed by atoms with Crippen LogP contribution in [0.5, 0.6) is 0 Å². The van der Waals surface area contributed by atoms with Crippen molar-refractivity contribution in [2.75, 3.05) is 31.2 Å². The lowest BCUT2D eigenvalue weighted by atomic mass is 9.94. The van der Waals surface area contributed by atoms with Crippen molar-refractivity contribution in [2.24, 2.45) is 17.6 Å². The van der Waals surface area contributed by atoms with Crippen LogP contribution in [0, 0.1) is 29.3 Å². The fraction of sp³-hybridized carbons (Fsp3) is 0.439. The number of carbonyl (C=O) groups is 2. The summed E-state index contributed by atoms with van der Waals surface area (Å²) in [5.41, 5.74) is 2.90. The van der Waals surface area contributed by atoms with Crippen LogP contribution in [-0.4, -0.2) is 80.9 Å². The third-order valence-corrected chi connectivity index (χ3v) is 12.6. The van der Waals surface area contributed by atoms with Crippen molar-refractivity contribution in [1.82, 2.24) is 30.0 Å². The molecule has 61 heavy (non-hydrogen) atoms. The average molecular weight is 877 g/mol. The Morgan fingerprint density at radius 3 is 2.21 bits per heavy atom. The van der Waals surface area contributed by atoms with Crippen molar-refractivity contribution >= 4 is 38.6 Å². The molecule has 2 aromatic carbocycles. The third-order valence-electron chi connectivity index (χ3n) is 11.6. The van der Waals surface area contributed by atoms with Crippen molar-refractivity contribution in [3.05, 3.63) is 94.2 Å². The van der Waals surface area contributed by atoms with E-state index in [0.29, 0.717) is 52.9 Å². The molecule has 20 heteroatoms. The van der Waals surface area contributed by atoms with Gasteiger partial charge in [0.2, 0.25) is 5.91 Å². The summed E-state index contributed by atoms with van der Waals surface area (Å²) in [5, 5.41) is 6.60. The number of pyridine rings is 1. The summed E-state index contributed by atoms with van der Waals surface area (Å²) in [7, 11) is 0. The Morgan fingerprint density at radius 1 is 0.951 bits per heavy atom. The molecular weight excluding hydrogens is 837 g/mol. The monoisotopic (exact) mass is 876 g/mol. The molecule has 2 aliphatic heterocycles. The molecule has 5 atom stereocenters. The van der Waals surface area contributed by atoms with Crippen molar-refractivity contribution in [3.8, 4) is 11.1 Å². The number of rotatable bonds is 12. The maximum atomic E-state index is 15.6. The normalized spacial score (nSPS) is 21.7. The van der Waals surface area contributed by atoms with Gasteiger partial charge in [0.05, 0.1) is 41.3 Å². The molecule has 2 unspecified atom stereocenters. The number of hydrogen-bond acceptors (Lipinski definition) is 9. The van der Waals surface area contributed by atoms with Crippen LogP contribution in [0.3, 0.4) is 0 Å². The zero-order valence-electron chi connectivity index (χ0n) is 32.9. The molecule has 1 aliphatic carbocycles. The Bertz CT molecular complexity index is 2480. The Morgan fingerprint density at radius 2 is 1.62 bits per heavy atom. The van der Waals surface area contributed by atoms with Gasteiger partial charge in [-0.05, 0) is 80.1 Å². The number of hydrogen-bond donors (Lipinski definition) is 2. The molecule has 1 saturated carbocycles. The number of carbonyl (C=O) groups excluding carboxylic acids is 2. The second kappa shape index (κ2) is 15.9. The number of primary amides is 1. The molecule has 324 valence electrons. The van der Waals surface area contributed by atoms with E-state index in [1.165, 1.54) is 30.4 Å². The number of nitrogens with two attached hydrogens (primary N) is 1. The number of alkyl halides is 5. The summed E-state index contributed by atoms with van der Waals surface area (Å²) in [6, 6.07) is 7.22. The van der Waals surface area contributed by atoms with Crippen LogP contribution in [0.2, 0.25) is 0 Å². The molecule has 2 saturated heterocycles. The first kappa shape index (κ1) is 42.5. The number of thiazole rings is 1. The summed E-state index contributed by atoms with van der Waals surface area (Å²) >= 11 is 1.30. The van der Waals surface area contributed by atoms with E-state index < -0.39 is 82.7 Å². The second-order valence-electron chi connectivity index (χ2n) is 16.2. The number of amides is 2. The number of halogens is 8. The Balaban J connectivity index is 1.22. The molecular formula is C41H40F8N8O3S.